The van der Waals surface area contributed by atoms with Gasteiger partial charge in [-0.15, -0.1) is 0 Å². The number of hydrogen-bond acceptors (Lipinski definition) is 6. The highest BCUT2D eigenvalue weighted by Gasteiger charge is 2.25. The summed E-state index contributed by atoms with van der Waals surface area (Å²) in [6.07, 6.45) is 2.03. The third kappa shape index (κ3) is 3.73. The molecule has 0 N–H and O–H groups in total. The first-order chi connectivity index (χ1) is 14.3. The lowest BCUT2D eigenvalue weighted by atomic mass is 10.1. The SMILES string of the molecule is COC(=O)CCCn1c(C)cc(C(=O)Cn2c(=O)c(C#N)c3n(c2=O)CCC3)c1C. The van der Waals surface area contributed by atoms with Crippen molar-refractivity contribution in [2.24, 2.45) is 0 Å². The van der Waals surface area contributed by atoms with Gasteiger partial charge in [0.1, 0.15) is 11.6 Å². The lowest BCUT2D eigenvalue weighted by Crippen LogP contribution is -2.43. The summed E-state index contributed by atoms with van der Waals surface area (Å²) >= 11 is 0. The summed E-state index contributed by atoms with van der Waals surface area (Å²) in [5.41, 5.74) is 1.10. The van der Waals surface area contributed by atoms with Crippen LogP contribution in [0.5, 0.6) is 0 Å². The van der Waals surface area contributed by atoms with Crippen LogP contribution in [0.1, 0.15) is 52.3 Å². The fraction of sp³-hybridized carbons (Fsp3) is 0.476. The molecule has 3 heterocycles. The molecule has 0 spiro atoms. The summed E-state index contributed by atoms with van der Waals surface area (Å²) in [4.78, 5) is 49.7. The van der Waals surface area contributed by atoms with Crippen LogP contribution in [0, 0.1) is 25.2 Å². The number of hydrogen-bond donors (Lipinski definition) is 0. The van der Waals surface area contributed by atoms with Crippen molar-refractivity contribution in [1.29, 1.82) is 5.26 Å². The van der Waals surface area contributed by atoms with Crippen molar-refractivity contribution < 1.29 is 14.3 Å². The average molecular weight is 412 g/mol. The quantitative estimate of drug-likeness (QED) is 0.496. The molecule has 2 aromatic rings. The molecule has 0 unspecified atom stereocenters. The zero-order valence-electron chi connectivity index (χ0n) is 17.4. The Kier molecular flexibility index (Phi) is 6.06. The first kappa shape index (κ1) is 21.3. The molecule has 158 valence electrons. The molecular formula is C21H24N4O5. The van der Waals surface area contributed by atoms with Gasteiger partial charge in [0.25, 0.3) is 5.56 Å². The zero-order valence-corrected chi connectivity index (χ0v) is 17.4. The van der Waals surface area contributed by atoms with E-state index in [2.05, 4.69) is 4.74 Å². The molecule has 0 saturated heterocycles. The minimum Gasteiger partial charge on any atom is -0.469 e. The van der Waals surface area contributed by atoms with Gasteiger partial charge < -0.3 is 9.30 Å². The van der Waals surface area contributed by atoms with E-state index in [1.807, 2.05) is 17.6 Å². The molecule has 2 aromatic heterocycles. The predicted octanol–water partition coefficient (Wildman–Crippen LogP) is 1.08. The van der Waals surface area contributed by atoms with Crippen molar-refractivity contribution in [1.82, 2.24) is 13.7 Å². The normalized spacial score (nSPS) is 12.5. The van der Waals surface area contributed by atoms with Crippen LogP contribution in [0.15, 0.2) is 15.7 Å². The van der Waals surface area contributed by atoms with Crippen LogP contribution in [0.3, 0.4) is 0 Å². The molecule has 9 nitrogen and oxygen atoms in total. The molecule has 3 rings (SSSR count). The lowest BCUT2D eigenvalue weighted by Gasteiger charge is -2.11. The number of carbonyl (C=O) groups excluding carboxylic acids is 2. The van der Waals surface area contributed by atoms with E-state index in [4.69, 9.17) is 0 Å². The van der Waals surface area contributed by atoms with Gasteiger partial charge in [0.05, 0.1) is 13.7 Å². The number of nitrogens with zero attached hydrogens (tertiary/aromatic N) is 4. The van der Waals surface area contributed by atoms with Crippen LogP contribution >= 0.6 is 0 Å². The predicted molar refractivity (Wildman–Crippen MR) is 107 cm³/mol. The van der Waals surface area contributed by atoms with Crippen LogP contribution in [0.4, 0.5) is 0 Å². The molecule has 1 aliphatic rings. The molecule has 0 aromatic carbocycles. The van der Waals surface area contributed by atoms with Crippen LogP contribution in [-0.4, -0.2) is 32.6 Å². The summed E-state index contributed by atoms with van der Waals surface area (Å²) in [7, 11) is 1.34. The Bertz CT molecular complexity index is 1180. The van der Waals surface area contributed by atoms with Gasteiger partial charge >= 0.3 is 11.7 Å². The summed E-state index contributed by atoms with van der Waals surface area (Å²) in [6.45, 7) is 4.20. The standard InChI is InChI=1S/C21H24N4O5/c1-13-10-15(14(2)23(13)8-5-7-19(27)30-3)18(26)12-25-20(28)16(11-22)17-6-4-9-24(17)21(25)29/h10H,4-9,12H2,1-3H3. The lowest BCUT2D eigenvalue weighted by molar-refractivity contribution is -0.140. The minimum absolute atomic E-state index is 0.0619. The van der Waals surface area contributed by atoms with Gasteiger partial charge in [0.2, 0.25) is 0 Å². The van der Waals surface area contributed by atoms with Crippen molar-refractivity contribution in [2.75, 3.05) is 7.11 Å². The molecular weight excluding hydrogens is 388 g/mol. The van der Waals surface area contributed by atoms with Crippen LogP contribution < -0.4 is 11.2 Å². The Hall–Kier alpha value is -3.41. The van der Waals surface area contributed by atoms with Gasteiger partial charge in [-0.25, -0.2) is 4.79 Å². The van der Waals surface area contributed by atoms with Gasteiger partial charge in [-0.3, -0.25) is 23.5 Å². The number of esters is 1. The highest BCUT2D eigenvalue weighted by Crippen LogP contribution is 2.18. The first-order valence-electron chi connectivity index (χ1n) is 9.83. The Morgan fingerprint density at radius 2 is 1.97 bits per heavy atom. The van der Waals surface area contributed by atoms with Crippen molar-refractivity contribution in [3.8, 4) is 6.07 Å². The van der Waals surface area contributed by atoms with E-state index in [0.717, 1.165) is 10.3 Å². The maximum atomic E-state index is 13.0. The first-order valence-corrected chi connectivity index (χ1v) is 9.83. The van der Waals surface area contributed by atoms with Gasteiger partial charge in [0.15, 0.2) is 5.78 Å². The largest absolute Gasteiger partial charge is 0.469 e. The Balaban J connectivity index is 1.89. The Morgan fingerprint density at radius 1 is 1.23 bits per heavy atom. The van der Waals surface area contributed by atoms with Gasteiger partial charge in [0, 0.05) is 42.2 Å². The van der Waals surface area contributed by atoms with E-state index in [0.29, 0.717) is 49.3 Å². The van der Waals surface area contributed by atoms with E-state index >= 15 is 0 Å². The zero-order chi connectivity index (χ0) is 22.0. The average Bonchev–Trinajstić information content (AvgIpc) is 3.31. The van der Waals surface area contributed by atoms with Gasteiger partial charge in [-0.2, -0.15) is 5.26 Å². The number of methoxy groups -OCH3 is 1. The molecule has 0 amide bonds. The molecule has 1 aliphatic heterocycles. The number of aryl methyl sites for hydroxylation is 1. The van der Waals surface area contributed by atoms with E-state index in [9.17, 15) is 24.4 Å². The second-order valence-electron chi connectivity index (χ2n) is 7.40. The number of nitriles is 1. The summed E-state index contributed by atoms with van der Waals surface area (Å²) in [6, 6.07) is 3.61. The maximum absolute atomic E-state index is 13.0. The fourth-order valence-electron chi connectivity index (χ4n) is 4.03. The van der Waals surface area contributed by atoms with Crippen molar-refractivity contribution >= 4 is 11.8 Å². The number of ketones is 1. The number of rotatable bonds is 7. The van der Waals surface area contributed by atoms with E-state index in [1.165, 1.54) is 11.7 Å². The van der Waals surface area contributed by atoms with E-state index in [-0.39, 0.29) is 23.7 Å². The van der Waals surface area contributed by atoms with Gasteiger partial charge in [-0.1, -0.05) is 0 Å². The molecule has 30 heavy (non-hydrogen) atoms. The highest BCUT2D eigenvalue weighted by molar-refractivity contribution is 5.97. The van der Waals surface area contributed by atoms with E-state index in [1.54, 1.807) is 13.0 Å². The Labute approximate surface area is 173 Å². The van der Waals surface area contributed by atoms with E-state index < -0.39 is 17.8 Å². The second kappa shape index (κ2) is 8.53. The van der Waals surface area contributed by atoms with Crippen LogP contribution in [-0.2, 0) is 35.6 Å². The second-order valence-corrected chi connectivity index (χ2v) is 7.40. The highest BCUT2D eigenvalue weighted by atomic mass is 16.5. The molecule has 0 bridgehead atoms. The number of carbonyl (C=O) groups is 2. The third-order valence-corrected chi connectivity index (χ3v) is 5.61. The maximum Gasteiger partial charge on any atom is 0.331 e. The van der Waals surface area contributed by atoms with Crippen LogP contribution in [0.2, 0.25) is 0 Å². The third-order valence-electron chi connectivity index (χ3n) is 5.61. The minimum atomic E-state index is -0.712. The molecule has 0 aliphatic carbocycles. The number of fused-ring (bicyclic) bond motifs is 1. The van der Waals surface area contributed by atoms with Gasteiger partial charge in [-0.05, 0) is 39.2 Å². The summed E-state index contributed by atoms with van der Waals surface area (Å²) in [5.74, 6) is -0.664. The Morgan fingerprint density at radius 3 is 2.63 bits per heavy atom. The molecule has 0 saturated carbocycles. The molecule has 0 fully saturated rings. The van der Waals surface area contributed by atoms with Crippen molar-refractivity contribution in [3.05, 3.63) is 55.1 Å². The van der Waals surface area contributed by atoms with Crippen molar-refractivity contribution in [2.45, 2.75) is 59.2 Å². The molecule has 0 radical (unpaired) electrons. The number of ether oxygens (including phenoxy) is 1. The topological polar surface area (TPSA) is 116 Å². The van der Waals surface area contributed by atoms with Crippen molar-refractivity contribution in [3.63, 3.8) is 0 Å². The fourth-order valence-corrected chi connectivity index (χ4v) is 4.03. The molecule has 0 atom stereocenters. The smallest absolute Gasteiger partial charge is 0.331 e. The molecule has 9 heteroatoms. The summed E-state index contributed by atoms with van der Waals surface area (Å²) in [5, 5.41) is 9.37. The summed E-state index contributed by atoms with van der Waals surface area (Å²) < 4.78 is 8.85. The number of Topliss-reactive ketones (excluding diaryl/α,β-unsaturated/α-hetero) is 1. The van der Waals surface area contributed by atoms with Crippen LogP contribution in [0.25, 0.3) is 0 Å². The number of aromatic nitrogens is 3. The monoisotopic (exact) mass is 412 g/mol.